The van der Waals surface area contributed by atoms with Crippen molar-refractivity contribution in [3.8, 4) is 0 Å². The number of amides is 1. The molecule has 0 aromatic carbocycles. The van der Waals surface area contributed by atoms with Crippen molar-refractivity contribution in [1.29, 1.82) is 0 Å². The molecule has 0 aromatic heterocycles. The number of hydrogen-bond acceptors (Lipinski definition) is 2. The zero-order valence-corrected chi connectivity index (χ0v) is 7.10. The maximum absolute atomic E-state index is 10.5. The van der Waals surface area contributed by atoms with Crippen molar-refractivity contribution in [3.63, 3.8) is 0 Å². The molecule has 4 heteroatoms. The average Bonchev–Trinajstić information content (AvgIpc) is 1.84. The molecule has 0 aromatic rings. The summed E-state index contributed by atoms with van der Waals surface area (Å²) in [5.74, 6) is -0.0414. The van der Waals surface area contributed by atoms with E-state index in [0.717, 1.165) is 0 Å². The van der Waals surface area contributed by atoms with Crippen LogP contribution in [0.15, 0.2) is 0 Å². The van der Waals surface area contributed by atoms with E-state index in [4.69, 9.17) is 5.73 Å². The molecule has 0 spiro atoms. The van der Waals surface area contributed by atoms with E-state index in [2.05, 4.69) is 5.32 Å². The first kappa shape index (κ1) is 8.16. The van der Waals surface area contributed by atoms with Crippen LogP contribution in [0.3, 0.4) is 0 Å². The first-order valence-corrected chi connectivity index (χ1v) is 5.58. The minimum absolute atomic E-state index is 0.0414. The first-order chi connectivity index (χ1) is 3.72. The second-order valence-corrected chi connectivity index (χ2v) is 3.82. The van der Waals surface area contributed by atoms with Gasteiger partial charge in [-0.25, -0.2) is 0 Å². The van der Waals surface area contributed by atoms with Gasteiger partial charge in [-0.05, 0) is 0 Å². The Morgan fingerprint density at radius 2 is 2.38 bits per heavy atom. The number of likely N-dealkylation sites (N-methyl/N-ethyl adjacent to an activating group) is 1. The number of rotatable bonds is 2. The Morgan fingerprint density at radius 3 is 2.50 bits per heavy atom. The van der Waals surface area contributed by atoms with E-state index in [-0.39, 0.29) is 31.2 Å². The van der Waals surface area contributed by atoms with Crippen molar-refractivity contribution >= 4 is 5.91 Å². The van der Waals surface area contributed by atoms with E-state index in [1.54, 1.807) is 7.05 Å². The number of halogens is 1. The molecule has 0 saturated heterocycles. The van der Waals surface area contributed by atoms with Gasteiger partial charge in [-0.2, -0.15) is 0 Å². The van der Waals surface area contributed by atoms with Gasteiger partial charge in [0.05, 0.1) is 0 Å². The van der Waals surface area contributed by atoms with Gasteiger partial charge in [0.1, 0.15) is 0 Å². The van der Waals surface area contributed by atoms with Crippen molar-refractivity contribution < 1.29 is 26.0 Å². The molecule has 3 N–H and O–H groups in total. The standard InChI is InChI=1S/C4H10IN2O/c1-5-3(6)4(8)7-2/h3H,6H2,1-2H3,(H,7,8)/q-1/t3-/m0/s1. The van der Waals surface area contributed by atoms with Crippen LogP contribution >= 0.6 is 0 Å². The summed E-state index contributed by atoms with van der Waals surface area (Å²) < 4.78 is -0.223. The van der Waals surface area contributed by atoms with Gasteiger partial charge in [-0.1, -0.05) is 0 Å². The molecule has 3 nitrogen and oxygen atoms in total. The van der Waals surface area contributed by atoms with Gasteiger partial charge in [0.2, 0.25) is 0 Å². The van der Waals surface area contributed by atoms with E-state index in [0.29, 0.717) is 0 Å². The third-order valence-corrected chi connectivity index (χ3v) is 2.64. The number of carbonyl (C=O) groups excluding carboxylic acids is 1. The molecular formula is C4H10IN2O-. The van der Waals surface area contributed by atoms with Crippen LogP contribution in [0.5, 0.6) is 0 Å². The third-order valence-electron chi connectivity index (χ3n) is 0.732. The van der Waals surface area contributed by atoms with E-state index in [9.17, 15) is 4.79 Å². The van der Waals surface area contributed by atoms with Crippen LogP contribution in [0.4, 0.5) is 0 Å². The summed E-state index contributed by atoms with van der Waals surface area (Å²) >= 11 is -0.136. The molecule has 1 amide bonds. The van der Waals surface area contributed by atoms with Crippen molar-refractivity contribution in [3.05, 3.63) is 0 Å². The van der Waals surface area contributed by atoms with Crippen LogP contribution < -0.4 is 32.3 Å². The van der Waals surface area contributed by atoms with Gasteiger partial charge in [-0.15, -0.1) is 0 Å². The summed E-state index contributed by atoms with van der Waals surface area (Å²) in [6, 6.07) is 0. The molecule has 50 valence electrons. The molecule has 0 bridgehead atoms. The summed E-state index contributed by atoms with van der Waals surface area (Å²) in [5.41, 5.74) is 5.36. The SMILES string of the molecule is CNC(=O)[C@H](N)[I-]C. The Labute approximate surface area is 59.3 Å². The second kappa shape index (κ2) is 4.08. The van der Waals surface area contributed by atoms with Gasteiger partial charge in [0.25, 0.3) is 0 Å². The fraction of sp³-hybridized carbons (Fsp3) is 0.750. The molecule has 0 aliphatic heterocycles. The minimum atomic E-state index is -0.223. The normalized spacial score (nSPS) is 13.4. The Bertz CT molecular complexity index is 86.1. The van der Waals surface area contributed by atoms with Gasteiger partial charge >= 0.3 is 59.0 Å². The summed E-state index contributed by atoms with van der Waals surface area (Å²) in [5, 5.41) is 2.48. The van der Waals surface area contributed by atoms with Crippen molar-refractivity contribution in [2.75, 3.05) is 12.0 Å². The number of alkyl halides is 2. The third kappa shape index (κ3) is 2.46. The topological polar surface area (TPSA) is 55.1 Å². The Morgan fingerprint density at radius 1 is 1.88 bits per heavy atom. The van der Waals surface area contributed by atoms with E-state index in [1.165, 1.54) is 0 Å². The number of hydrogen-bond donors (Lipinski definition) is 2. The molecule has 0 unspecified atom stereocenters. The number of carbonyl (C=O) groups is 1. The zero-order valence-electron chi connectivity index (χ0n) is 4.94. The van der Waals surface area contributed by atoms with E-state index in [1.807, 2.05) is 4.93 Å². The molecule has 0 radical (unpaired) electrons. The Balaban J connectivity index is 3.46. The summed E-state index contributed by atoms with van der Waals surface area (Å²) in [7, 11) is 1.60. The molecule has 8 heavy (non-hydrogen) atoms. The summed E-state index contributed by atoms with van der Waals surface area (Å²) in [6.45, 7) is 0. The van der Waals surface area contributed by atoms with Gasteiger partial charge in [0, 0.05) is 0 Å². The van der Waals surface area contributed by atoms with Crippen LogP contribution in [0.25, 0.3) is 0 Å². The first-order valence-electron chi connectivity index (χ1n) is 2.17. The monoisotopic (exact) mass is 229 g/mol. The average molecular weight is 229 g/mol. The number of nitrogens with one attached hydrogen (secondary N) is 1. The summed E-state index contributed by atoms with van der Waals surface area (Å²) in [6.07, 6.45) is 0. The van der Waals surface area contributed by atoms with Crippen molar-refractivity contribution in [1.82, 2.24) is 5.32 Å². The van der Waals surface area contributed by atoms with Crippen LogP contribution in [-0.2, 0) is 4.79 Å². The Hall–Kier alpha value is 0.160. The summed E-state index contributed by atoms with van der Waals surface area (Å²) in [4.78, 5) is 12.5. The van der Waals surface area contributed by atoms with Crippen LogP contribution in [-0.4, -0.2) is 21.9 Å². The van der Waals surface area contributed by atoms with Gasteiger partial charge in [-0.3, -0.25) is 0 Å². The molecule has 0 saturated carbocycles. The van der Waals surface area contributed by atoms with Gasteiger partial charge < -0.3 is 0 Å². The second-order valence-electron chi connectivity index (χ2n) is 1.23. The zero-order chi connectivity index (χ0) is 6.57. The molecule has 0 aliphatic carbocycles. The van der Waals surface area contributed by atoms with E-state index < -0.39 is 0 Å². The van der Waals surface area contributed by atoms with Crippen molar-refractivity contribution in [2.45, 2.75) is 4.05 Å². The van der Waals surface area contributed by atoms with Crippen LogP contribution in [0.1, 0.15) is 0 Å². The number of nitrogens with two attached hydrogens (primary N) is 1. The Kier molecular flexibility index (Phi) is 4.16. The predicted molar refractivity (Wildman–Crippen MR) is 28.0 cm³/mol. The molecule has 0 rings (SSSR count). The molecule has 1 atom stereocenters. The predicted octanol–water partition coefficient (Wildman–Crippen LogP) is -4.26. The molecule has 0 aliphatic rings. The fourth-order valence-electron chi connectivity index (χ4n) is 0.237. The fourth-order valence-corrected chi connectivity index (χ4v) is 1.11. The van der Waals surface area contributed by atoms with Crippen molar-refractivity contribution in [2.24, 2.45) is 5.73 Å². The van der Waals surface area contributed by atoms with Crippen LogP contribution in [0.2, 0.25) is 0 Å². The quantitative estimate of drug-likeness (QED) is 0.286. The molecular weight excluding hydrogens is 219 g/mol. The maximum atomic E-state index is 10.5. The van der Waals surface area contributed by atoms with Gasteiger partial charge in [0.15, 0.2) is 0 Å². The molecule has 0 fully saturated rings. The van der Waals surface area contributed by atoms with E-state index >= 15 is 0 Å². The van der Waals surface area contributed by atoms with Crippen LogP contribution in [0, 0.1) is 0 Å². The molecule has 0 heterocycles.